The molecule has 1 aliphatic heterocycles. The van der Waals surface area contributed by atoms with Gasteiger partial charge in [-0.05, 0) is 57.6 Å². The van der Waals surface area contributed by atoms with Crippen molar-refractivity contribution >= 4 is 17.7 Å². The molecule has 30 heavy (non-hydrogen) atoms. The quantitative estimate of drug-likeness (QED) is 0.709. The minimum Gasteiger partial charge on any atom is -0.343 e. The third-order valence-corrected chi connectivity index (χ3v) is 5.85. The van der Waals surface area contributed by atoms with Crippen molar-refractivity contribution in [3.05, 3.63) is 35.4 Å². The predicted molar refractivity (Wildman–Crippen MR) is 119 cm³/mol. The van der Waals surface area contributed by atoms with Gasteiger partial charge in [0.15, 0.2) is 0 Å². The lowest BCUT2D eigenvalue weighted by Crippen LogP contribution is -2.54. The summed E-state index contributed by atoms with van der Waals surface area (Å²) in [6.07, 6.45) is 1.99. The van der Waals surface area contributed by atoms with Gasteiger partial charge in [-0.15, -0.1) is 0 Å². The Morgan fingerprint density at radius 2 is 1.77 bits per heavy atom. The van der Waals surface area contributed by atoms with Crippen LogP contribution in [-0.4, -0.2) is 59.7 Å². The molecule has 6 heteroatoms. The minimum atomic E-state index is -0.569. The Morgan fingerprint density at radius 3 is 2.30 bits per heavy atom. The van der Waals surface area contributed by atoms with Crippen LogP contribution in [0.2, 0.25) is 0 Å². The maximum Gasteiger partial charge on any atom is 0.251 e. The highest BCUT2D eigenvalue weighted by Crippen LogP contribution is 2.24. The van der Waals surface area contributed by atoms with Crippen LogP contribution in [0.15, 0.2) is 24.3 Å². The minimum absolute atomic E-state index is 0.0231. The third kappa shape index (κ3) is 6.31. The molecule has 0 saturated carbocycles. The Bertz CT molecular complexity index is 735. The molecule has 0 spiro atoms. The Morgan fingerprint density at radius 1 is 1.13 bits per heavy atom. The first-order valence-corrected chi connectivity index (χ1v) is 11.2. The highest BCUT2D eigenvalue weighted by atomic mass is 16.2. The first-order valence-electron chi connectivity index (χ1n) is 11.2. The number of likely N-dealkylation sites (N-methyl/N-ethyl adjacent to an activating group) is 1. The molecule has 0 unspecified atom stereocenters. The summed E-state index contributed by atoms with van der Waals surface area (Å²) >= 11 is 0. The predicted octanol–water partition coefficient (Wildman–Crippen LogP) is 3.25. The zero-order valence-electron chi connectivity index (χ0n) is 19.1. The fourth-order valence-electron chi connectivity index (χ4n) is 4.08. The van der Waals surface area contributed by atoms with Crippen molar-refractivity contribution in [2.24, 2.45) is 11.8 Å². The van der Waals surface area contributed by atoms with E-state index in [1.807, 2.05) is 57.7 Å². The average molecular weight is 416 g/mol. The van der Waals surface area contributed by atoms with E-state index in [9.17, 15) is 14.4 Å². The number of likely N-dealkylation sites (tertiary alicyclic amines) is 1. The zero-order chi connectivity index (χ0) is 22.3. The van der Waals surface area contributed by atoms with Crippen LogP contribution in [0, 0.1) is 18.8 Å². The molecule has 2 rings (SSSR count). The maximum atomic E-state index is 13.2. The Balaban J connectivity index is 2.13. The molecule has 3 amide bonds. The number of amides is 3. The van der Waals surface area contributed by atoms with Gasteiger partial charge < -0.3 is 15.1 Å². The van der Waals surface area contributed by atoms with Crippen LogP contribution >= 0.6 is 0 Å². The number of piperidine rings is 1. The summed E-state index contributed by atoms with van der Waals surface area (Å²) in [6.45, 7) is 12.4. The zero-order valence-corrected chi connectivity index (χ0v) is 19.1. The summed E-state index contributed by atoms with van der Waals surface area (Å²) in [7, 11) is 0. The molecular weight excluding hydrogens is 378 g/mol. The normalized spacial score (nSPS) is 15.7. The third-order valence-electron chi connectivity index (χ3n) is 5.85. The fourth-order valence-corrected chi connectivity index (χ4v) is 4.08. The second-order valence-corrected chi connectivity index (χ2v) is 8.65. The lowest BCUT2D eigenvalue weighted by atomic mass is 9.87. The smallest absolute Gasteiger partial charge is 0.251 e. The number of hydrogen-bond donors (Lipinski definition) is 1. The van der Waals surface area contributed by atoms with Crippen LogP contribution in [0.1, 0.15) is 62.9 Å². The van der Waals surface area contributed by atoms with Gasteiger partial charge in [0.1, 0.15) is 6.04 Å². The standard InChI is InChI=1S/C24H37N3O3/c1-6-26(7-2)24(30)22(25-23(29)20-10-8-9-18(5)16-20)19-11-13-27(14-12-19)21(28)15-17(3)4/h8-10,16-17,19,22H,6-7,11-15H2,1-5H3,(H,25,29)/t22-/m0/s1. The highest BCUT2D eigenvalue weighted by molar-refractivity contribution is 5.97. The van der Waals surface area contributed by atoms with E-state index in [4.69, 9.17) is 0 Å². The Hall–Kier alpha value is -2.37. The van der Waals surface area contributed by atoms with Crippen molar-refractivity contribution in [1.82, 2.24) is 15.1 Å². The molecule has 6 nitrogen and oxygen atoms in total. The second-order valence-electron chi connectivity index (χ2n) is 8.65. The monoisotopic (exact) mass is 415 g/mol. The van der Waals surface area contributed by atoms with Crippen molar-refractivity contribution < 1.29 is 14.4 Å². The van der Waals surface area contributed by atoms with Crippen LogP contribution < -0.4 is 5.32 Å². The number of nitrogens with one attached hydrogen (secondary N) is 1. The summed E-state index contributed by atoms with van der Waals surface area (Å²) < 4.78 is 0. The fraction of sp³-hybridized carbons (Fsp3) is 0.625. The van der Waals surface area contributed by atoms with Crippen molar-refractivity contribution in [3.63, 3.8) is 0 Å². The van der Waals surface area contributed by atoms with Crippen LogP contribution in [0.25, 0.3) is 0 Å². The van der Waals surface area contributed by atoms with Crippen molar-refractivity contribution in [2.75, 3.05) is 26.2 Å². The molecule has 1 N–H and O–H groups in total. The van der Waals surface area contributed by atoms with Crippen LogP contribution in [0.5, 0.6) is 0 Å². The highest BCUT2D eigenvalue weighted by Gasteiger charge is 2.35. The Kier molecular flexibility index (Phi) is 8.88. The molecule has 1 saturated heterocycles. The van der Waals surface area contributed by atoms with Crippen molar-refractivity contribution in [1.29, 1.82) is 0 Å². The SMILES string of the molecule is CCN(CC)C(=O)[C@@H](NC(=O)c1cccc(C)c1)C1CCN(C(=O)CC(C)C)CC1. The van der Waals surface area contributed by atoms with E-state index in [-0.39, 0.29) is 23.6 Å². The first-order chi connectivity index (χ1) is 14.3. The van der Waals surface area contributed by atoms with E-state index in [1.54, 1.807) is 11.0 Å². The van der Waals surface area contributed by atoms with E-state index >= 15 is 0 Å². The van der Waals surface area contributed by atoms with Crippen LogP contribution in [0.3, 0.4) is 0 Å². The van der Waals surface area contributed by atoms with Crippen molar-refractivity contribution in [2.45, 2.75) is 59.9 Å². The molecule has 1 fully saturated rings. The average Bonchev–Trinajstić information content (AvgIpc) is 2.72. The summed E-state index contributed by atoms with van der Waals surface area (Å²) in [4.78, 5) is 42.2. The van der Waals surface area contributed by atoms with E-state index in [1.165, 1.54) is 0 Å². The number of benzene rings is 1. The molecule has 0 bridgehead atoms. The molecule has 166 valence electrons. The number of aryl methyl sites for hydroxylation is 1. The number of nitrogens with zero attached hydrogens (tertiary/aromatic N) is 2. The van der Waals surface area contributed by atoms with Crippen LogP contribution in [-0.2, 0) is 9.59 Å². The molecule has 0 aliphatic carbocycles. The number of hydrogen-bond acceptors (Lipinski definition) is 3. The topological polar surface area (TPSA) is 69.7 Å². The molecular formula is C24H37N3O3. The molecule has 0 radical (unpaired) electrons. The summed E-state index contributed by atoms with van der Waals surface area (Å²) in [6, 6.07) is 6.83. The van der Waals surface area contributed by atoms with E-state index in [0.717, 1.165) is 18.4 Å². The van der Waals surface area contributed by atoms with Gasteiger partial charge >= 0.3 is 0 Å². The van der Waals surface area contributed by atoms with Gasteiger partial charge in [0.25, 0.3) is 5.91 Å². The van der Waals surface area contributed by atoms with E-state index in [2.05, 4.69) is 5.32 Å². The molecule has 1 aromatic rings. The van der Waals surface area contributed by atoms with Gasteiger partial charge in [0.2, 0.25) is 11.8 Å². The summed E-state index contributed by atoms with van der Waals surface area (Å²) in [5, 5.41) is 3.02. The second kappa shape index (κ2) is 11.1. The molecule has 0 aromatic heterocycles. The van der Waals surface area contributed by atoms with Crippen LogP contribution in [0.4, 0.5) is 0 Å². The van der Waals surface area contributed by atoms with Gasteiger partial charge in [-0.2, -0.15) is 0 Å². The van der Waals surface area contributed by atoms with Gasteiger partial charge in [-0.1, -0.05) is 31.5 Å². The molecule has 1 aliphatic rings. The van der Waals surface area contributed by atoms with Gasteiger partial charge in [0, 0.05) is 38.2 Å². The lowest BCUT2D eigenvalue weighted by molar-refractivity contribution is -0.136. The van der Waals surface area contributed by atoms with Gasteiger partial charge in [0.05, 0.1) is 0 Å². The molecule has 1 heterocycles. The summed E-state index contributed by atoms with van der Waals surface area (Å²) in [5.74, 6) is 0.283. The lowest BCUT2D eigenvalue weighted by Gasteiger charge is -2.37. The maximum absolute atomic E-state index is 13.2. The largest absolute Gasteiger partial charge is 0.343 e. The molecule has 1 aromatic carbocycles. The molecule has 1 atom stereocenters. The van der Waals surface area contributed by atoms with E-state index < -0.39 is 6.04 Å². The van der Waals surface area contributed by atoms with Gasteiger partial charge in [-0.3, -0.25) is 14.4 Å². The first kappa shape index (κ1) is 23.9. The number of carbonyl (C=O) groups excluding carboxylic acids is 3. The Labute approximate surface area is 181 Å². The summed E-state index contributed by atoms with van der Waals surface area (Å²) in [5.41, 5.74) is 1.57. The number of carbonyl (C=O) groups is 3. The van der Waals surface area contributed by atoms with Gasteiger partial charge in [-0.25, -0.2) is 0 Å². The van der Waals surface area contributed by atoms with E-state index in [0.29, 0.717) is 44.1 Å². The van der Waals surface area contributed by atoms with Crippen molar-refractivity contribution in [3.8, 4) is 0 Å². The number of rotatable bonds is 8.